The lowest BCUT2D eigenvalue weighted by Gasteiger charge is -2.06. The number of carbonyl (C=O) groups excluding carboxylic acids is 1. The van der Waals surface area contributed by atoms with E-state index in [2.05, 4.69) is 10.3 Å². The van der Waals surface area contributed by atoms with Crippen LogP contribution in [-0.2, 0) is 4.74 Å². The third-order valence-corrected chi connectivity index (χ3v) is 2.67. The molecule has 0 bridgehead atoms. The number of nitrogens with one attached hydrogen (secondary N) is 1. The second-order valence-corrected chi connectivity index (χ2v) is 4.24. The topological polar surface area (TPSA) is 51.2 Å². The molecule has 1 aromatic heterocycles. The zero-order valence-corrected chi connectivity index (χ0v) is 9.79. The molecule has 0 spiro atoms. The molecule has 1 heterocycles. The highest BCUT2D eigenvalue weighted by molar-refractivity contribution is 5.94. The van der Waals surface area contributed by atoms with Crippen molar-refractivity contribution in [1.29, 1.82) is 0 Å². The van der Waals surface area contributed by atoms with E-state index >= 15 is 0 Å². The monoisotopic (exact) mass is 256 g/mol. The second kappa shape index (κ2) is 5.86. The molecule has 0 saturated heterocycles. The normalized spacial score (nSPS) is 14.6. The molecule has 1 N–H and O–H groups in total. The third-order valence-electron chi connectivity index (χ3n) is 2.67. The van der Waals surface area contributed by atoms with Gasteiger partial charge in [-0.25, -0.2) is 9.37 Å². The van der Waals surface area contributed by atoms with Gasteiger partial charge in [-0.3, -0.25) is 4.79 Å². The van der Waals surface area contributed by atoms with Gasteiger partial charge in [-0.2, -0.15) is 4.39 Å². The van der Waals surface area contributed by atoms with E-state index in [9.17, 15) is 13.6 Å². The Bertz CT molecular complexity index is 436. The Morgan fingerprint density at radius 1 is 1.50 bits per heavy atom. The summed E-state index contributed by atoms with van der Waals surface area (Å²) >= 11 is 0. The molecule has 1 aliphatic carbocycles. The lowest BCUT2D eigenvalue weighted by molar-refractivity contribution is 0.0901. The molecule has 0 unspecified atom stereocenters. The first-order chi connectivity index (χ1) is 8.68. The van der Waals surface area contributed by atoms with E-state index in [1.54, 1.807) is 0 Å². The summed E-state index contributed by atoms with van der Waals surface area (Å²) in [5, 5.41) is 2.46. The van der Waals surface area contributed by atoms with Crippen molar-refractivity contribution in [2.75, 3.05) is 19.8 Å². The van der Waals surface area contributed by atoms with Gasteiger partial charge in [0, 0.05) is 19.3 Å². The third kappa shape index (κ3) is 3.46. The van der Waals surface area contributed by atoms with E-state index in [-0.39, 0.29) is 12.1 Å². The first-order valence-electron chi connectivity index (χ1n) is 5.84. The summed E-state index contributed by atoms with van der Waals surface area (Å²) in [7, 11) is 0. The molecule has 0 aromatic carbocycles. The fourth-order valence-corrected chi connectivity index (χ4v) is 1.46. The number of nitrogens with zero attached hydrogens (tertiary/aromatic N) is 1. The number of aromatic nitrogens is 1. The standard InChI is InChI=1S/C12H14F2N2O2/c13-10-9(3-4-15-11(10)14)12(17)16-5-6-18-7-8-1-2-8/h3-4,8H,1-2,5-7H2,(H,16,17). The number of ether oxygens (including phenoxy) is 1. The van der Waals surface area contributed by atoms with Gasteiger partial charge in [-0.05, 0) is 24.8 Å². The van der Waals surface area contributed by atoms with Crippen LogP contribution in [-0.4, -0.2) is 30.6 Å². The highest BCUT2D eigenvalue weighted by atomic mass is 19.2. The Labute approximate surface area is 103 Å². The molecule has 0 atom stereocenters. The van der Waals surface area contributed by atoms with Crippen LogP contribution in [0.15, 0.2) is 12.3 Å². The summed E-state index contributed by atoms with van der Waals surface area (Å²) in [6.07, 6.45) is 3.46. The number of rotatable bonds is 6. The average Bonchev–Trinajstić information content (AvgIpc) is 3.16. The number of amides is 1. The Kier molecular flexibility index (Phi) is 4.19. The first-order valence-corrected chi connectivity index (χ1v) is 5.84. The fraction of sp³-hybridized carbons (Fsp3) is 0.500. The van der Waals surface area contributed by atoms with Gasteiger partial charge in [0.05, 0.1) is 12.2 Å². The fourth-order valence-electron chi connectivity index (χ4n) is 1.46. The predicted octanol–water partition coefficient (Wildman–Crippen LogP) is 1.52. The second-order valence-electron chi connectivity index (χ2n) is 4.24. The van der Waals surface area contributed by atoms with E-state index in [0.29, 0.717) is 19.1 Å². The summed E-state index contributed by atoms with van der Waals surface area (Å²) in [6.45, 7) is 1.35. The quantitative estimate of drug-likeness (QED) is 0.620. The van der Waals surface area contributed by atoms with Crippen molar-refractivity contribution in [3.63, 3.8) is 0 Å². The summed E-state index contributed by atoms with van der Waals surface area (Å²) in [4.78, 5) is 14.6. The van der Waals surface area contributed by atoms with Gasteiger partial charge in [0.1, 0.15) is 0 Å². The van der Waals surface area contributed by atoms with Crippen molar-refractivity contribution in [2.24, 2.45) is 5.92 Å². The lowest BCUT2D eigenvalue weighted by Crippen LogP contribution is -2.28. The maximum absolute atomic E-state index is 13.2. The minimum atomic E-state index is -1.27. The maximum Gasteiger partial charge on any atom is 0.254 e. The molecule has 4 nitrogen and oxygen atoms in total. The van der Waals surface area contributed by atoms with Crippen molar-refractivity contribution in [3.8, 4) is 0 Å². The number of hydrogen-bond donors (Lipinski definition) is 1. The lowest BCUT2D eigenvalue weighted by atomic mass is 10.2. The van der Waals surface area contributed by atoms with E-state index in [1.165, 1.54) is 12.8 Å². The summed E-state index contributed by atoms with van der Waals surface area (Å²) in [5.74, 6) is -2.50. The highest BCUT2D eigenvalue weighted by Crippen LogP contribution is 2.28. The average molecular weight is 256 g/mol. The Hall–Kier alpha value is -1.56. The van der Waals surface area contributed by atoms with Crippen LogP contribution < -0.4 is 5.32 Å². The van der Waals surface area contributed by atoms with E-state index in [1.807, 2.05) is 0 Å². The number of hydrogen-bond acceptors (Lipinski definition) is 3. The molecule has 6 heteroatoms. The van der Waals surface area contributed by atoms with E-state index in [0.717, 1.165) is 12.3 Å². The zero-order chi connectivity index (χ0) is 13.0. The summed E-state index contributed by atoms with van der Waals surface area (Å²) in [6, 6.07) is 1.14. The molecule has 1 aromatic rings. The number of halogens is 2. The Morgan fingerprint density at radius 3 is 3.00 bits per heavy atom. The van der Waals surface area contributed by atoms with Crippen molar-refractivity contribution in [3.05, 3.63) is 29.6 Å². The van der Waals surface area contributed by atoms with Crippen molar-refractivity contribution < 1.29 is 18.3 Å². The van der Waals surface area contributed by atoms with Crippen LogP contribution in [0.3, 0.4) is 0 Å². The number of pyridine rings is 1. The van der Waals surface area contributed by atoms with Gasteiger partial charge >= 0.3 is 0 Å². The Morgan fingerprint density at radius 2 is 2.28 bits per heavy atom. The SMILES string of the molecule is O=C(NCCOCC1CC1)c1ccnc(F)c1F. The Balaban J connectivity index is 1.74. The molecule has 1 fully saturated rings. The molecular formula is C12H14F2N2O2. The van der Waals surface area contributed by atoms with Crippen LogP contribution in [0.5, 0.6) is 0 Å². The molecule has 2 rings (SSSR count). The van der Waals surface area contributed by atoms with Crippen LogP contribution in [0.2, 0.25) is 0 Å². The molecule has 0 radical (unpaired) electrons. The van der Waals surface area contributed by atoms with Crippen molar-refractivity contribution in [2.45, 2.75) is 12.8 Å². The van der Waals surface area contributed by atoms with E-state index < -0.39 is 17.7 Å². The van der Waals surface area contributed by atoms with Gasteiger partial charge < -0.3 is 10.1 Å². The van der Waals surface area contributed by atoms with Crippen LogP contribution >= 0.6 is 0 Å². The molecule has 18 heavy (non-hydrogen) atoms. The highest BCUT2D eigenvalue weighted by Gasteiger charge is 2.21. The minimum Gasteiger partial charge on any atom is -0.379 e. The van der Waals surface area contributed by atoms with Gasteiger partial charge in [-0.1, -0.05) is 0 Å². The zero-order valence-electron chi connectivity index (χ0n) is 9.79. The van der Waals surface area contributed by atoms with Gasteiger partial charge in [0.15, 0.2) is 5.82 Å². The number of carbonyl (C=O) groups is 1. The van der Waals surface area contributed by atoms with E-state index in [4.69, 9.17) is 4.74 Å². The van der Waals surface area contributed by atoms with Gasteiger partial charge in [-0.15, -0.1) is 0 Å². The van der Waals surface area contributed by atoms with Gasteiger partial charge in [0.25, 0.3) is 5.91 Å². The summed E-state index contributed by atoms with van der Waals surface area (Å²) in [5.41, 5.74) is -0.343. The molecule has 1 saturated carbocycles. The van der Waals surface area contributed by atoms with Crippen LogP contribution in [0.25, 0.3) is 0 Å². The van der Waals surface area contributed by atoms with Gasteiger partial charge in [0.2, 0.25) is 5.95 Å². The first kappa shape index (κ1) is 12.9. The maximum atomic E-state index is 13.2. The molecule has 98 valence electrons. The molecular weight excluding hydrogens is 242 g/mol. The smallest absolute Gasteiger partial charge is 0.254 e. The van der Waals surface area contributed by atoms with Crippen molar-refractivity contribution >= 4 is 5.91 Å². The minimum absolute atomic E-state index is 0.273. The largest absolute Gasteiger partial charge is 0.379 e. The molecule has 1 amide bonds. The predicted molar refractivity (Wildman–Crippen MR) is 60.0 cm³/mol. The van der Waals surface area contributed by atoms with Crippen LogP contribution in [0.1, 0.15) is 23.2 Å². The molecule has 0 aliphatic heterocycles. The van der Waals surface area contributed by atoms with Crippen LogP contribution in [0, 0.1) is 17.7 Å². The summed E-state index contributed by atoms with van der Waals surface area (Å²) < 4.78 is 31.3. The van der Waals surface area contributed by atoms with Crippen LogP contribution in [0.4, 0.5) is 8.78 Å². The van der Waals surface area contributed by atoms with Crippen molar-refractivity contribution in [1.82, 2.24) is 10.3 Å². The molecule has 1 aliphatic rings.